The average molecular weight is 555 g/mol. The number of ether oxygens (including phenoxy) is 1. The zero-order valence-corrected chi connectivity index (χ0v) is 23.1. The molecule has 210 valence electrons. The largest absolute Gasteiger partial charge is 0.497 e. The van der Waals surface area contributed by atoms with Crippen LogP contribution in [0.3, 0.4) is 0 Å². The Morgan fingerprint density at radius 1 is 1.12 bits per heavy atom. The Kier molecular flexibility index (Phi) is 6.95. The molecule has 41 heavy (non-hydrogen) atoms. The number of piperidine rings is 1. The molecule has 0 radical (unpaired) electrons. The molecule has 9 nitrogen and oxygen atoms in total. The number of carbonyl (C=O) groups excluding carboxylic acids is 2. The van der Waals surface area contributed by atoms with Crippen molar-refractivity contribution in [3.63, 3.8) is 0 Å². The van der Waals surface area contributed by atoms with Crippen LogP contribution < -0.4 is 19.9 Å². The minimum atomic E-state index is -0.334. The van der Waals surface area contributed by atoms with Gasteiger partial charge in [-0.1, -0.05) is 6.07 Å². The molecule has 0 spiro atoms. The van der Waals surface area contributed by atoms with Crippen molar-refractivity contribution in [2.75, 3.05) is 48.4 Å². The van der Waals surface area contributed by atoms with E-state index in [1.807, 2.05) is 23.1 Å². The first kappa shape index (κ1) is 26.6. The van der Waals surface area contributed by atoms with Gasteiger partial charge in [0.05, 0.1) is 23.9 Å². The van der Waals surface area contributed by atoms with E-state index in [9.17, 15) is 19.2 Å². The van der Waals surface area contributed by atoms with Crippen molar-refractivity contribution < 1.29 is 18.7 Å². The number of hydrogen-bond acceptors (Lipinski definition) is 6. The third-order valence-corrected chi connectivity index (χ3v) is 8.44. The Hall–Kier alpha value is -4.65. The number of anilines is 3. The van der Waals surface area contributed by atoms with Crippen molar-refractivity contribution in [2.45, 2.75) is 38.6 Å². The second kappa shape index (κ2) is 10.7. The van der Waals surface area contributed by atoms with Gasteiger partial charge < -0.3 is 24.8 Å². The number of aryl methyl sites for hydroxylation is 1. The molecule has 1 saturated heterocycles. The van der Waals surface area contributed by atoms with E-state index in [0.29, 0.717) is 55.2 Å². The maximum Gasteiger partial charge on any atom is 0.322 e. The lowest BCUT2D eigenvalue weighted by Gasteiger charge is -2.38. The summed E-state index contributed by atoms with van der Waals surface area (Å²) in [5.41, 5.74) is 3.95. The molecule has 0 saturated carbocycles. The predicted octanol–water partition coefficient (Wildman–Crippen LogP) is 4.67. The Morgan fingerprint density at radius 3 is 2.68 bits per heavy atom. The number of methoxy groups -OCH3 is 1. The number of amides is 3. The minimum absolute atomic E-state index is 0.0707. The summed E-state index contributed by atoms with van der Waals surface area (Å²) in [4.78, 5) is 36.8. The van der Waals surface area contributed by atoms with Gasteiger partial charge in [-0.2, -0.15) is 5.26 Å². The van der Waals surface area contributed by atoms with Crippen molar-refractivity contribution >= 4 is 29.1 Å². The van der Waals surface area contributed by atoms with Gasteiger partial charge >= 0.3 is 6.03 Å². The number of aromatic nitrogens is 1. The van der Waals surface area contributed by atoms with E-state index in [1.165, 1.54) is 6.20 Å². The highest BCUT2D eigenvalue weighted by atomic mass is 19.1. The number of nitriles is 1. The monoisotopic (exact) mass is 554 g/mol. The molecule has 0 aliphatic carbocycles. The van der Waals surface area contributed by atoms with Gasteiger partial charge in [0.15, 0.2) is 0 Å². The van der Waals surface area contributed by atoms with E-state index in [1.54, 1.807) is 37.1 Å². The van der Waals surface area contributed by atoms with Crippen LogP contribution in [-0.4, -0.2) is 61.2 Å². The third kappa shape index (κ3) is 4.82. The summed E-state index contributed by atoms with van der Waals surface area (Å²) in [6.45, 7) is 3.98. The van der Waals surface area contributed by atoms with Gasteiger partial charge in [0.25, 0.3) is 5.91 Å². The quantitative estimate of drug-likeness (QED) is 0.503. The summed E-state index contributed by atoms with van der Waals surface area (Å²) in [5.74, 6) is 0.765. The highest BCUT2D eigenvalue weighted by Crippen LogP contribution is 2.34. The lowest BCUT2D eigenvalue weighted by atomic mass is 10.0. The van der Waals surface area contributed by atoms with Gasteiger partial charge in [-0.05, 0) is 74.1 Å². The Labute approximate surface area is 238 Å². The molecule has 1 aromatic heterocycles. The van der Waals surface area contributed by atoms with Crippen LogP contribution in [0.2, 0.25) is 0 Å². The number of nitrogens with one attached hydrogen (secondary N) is 1. The summed E-state index contributed by atoms with van der Waals surface area (Å²) in [5, 5.41) is 12.8. The zero-order chi connectivity index (χ0) is 28.7. The zero-order valence-electron chi connectivity index (χ0n) is 23.1. The molecule has 0 atom stereocenters. The summed E-state index contributed by atoms with van der Waals surface area (Å²) in [6.07, 6.45) is 4.10. The summed E-state index contributed by atoms with van der Waals surface area (Å²) >= 11 is 0. The second-order valence-corrected chi connectivity index (χ2v) is 10.7. The molecule has 2 aromatic carbocycles. The maximum absolute atomic E-state index is 14.7. The topological polar surface area (TPSA) is 102 Å². The second-order valence-electron chi connectivity index (χ2n) is 10.7. The summed E-state index contributed by atoms with van der Waals surface area (Å²) in [6, 6.07) is 12.9. The Morgan fingerprint density at radius 2 is 1.93 bits per heavy atom. The van der Waals surface area contributed by atoms with Crippen LogP contribution in [0.1, 0.15) is 45.5 Å². The van der Waals surface area contributed by atoms with Crippen LogP contribution in [0.25, 0.3) is 0 Å². The number of nitrogens with zero attached hydrogens (tertiary/aromatic N) is 5. The van der Waals surface area contributed by atoms with E-state index < -0.39 is 0 Å². The highest BCUT2D eigenvalue weighted by Gasteiger charge is 2.33. The fourth-order valence-electron chi connectivity index (χ4n) is 6.11. The molecular weight excluding hydrogens is 523 g/mol. The molecule has 4 heterocycles. The molecule has 3 amide bonds. The van der Waals surface area contributed by atoms with E-state index in [-0.39, 0.29) is 34.9 Å². The van der Waals surface area contributed by atoms with Gasteiger partial charge in [0, 0.05) is 49.7 Å². The molecule has 3 aliphatic rings. The number of urea groups is 1. The van der Waals surface area contributed by atoms with Gasteiger partial charge in [0.1, 0.15) is 23.5 Å². The molecule has 3 aliphatic heterocycles. The van der Waals surface area contributed by atoms with Gasteiger partial charge in [-0.3, -0.25) is 4.79 Å². The SMILES string of the molecule is COc1ccc2c(c1)CCN(C1CCN(c3cc(C(=O)N4CCc5c4ccc(C)c5F)c(C#N)cn3)CC1)C(=O)N2. The Bertz CT molecular complexity index is 1580. The molecular formula is C31H31FN6O3. The first-order chi connectivity index (χ1) is 19.9. The molecule has 0 unspecified atom stereocenters. The van der Waals surface area contributed by atoms with E-state index >= 15 is 0 Å². The fraction of sp³-hybridized carbons (Fsp3) is 0.355. The van der Waals surface area contributed by atoms with E-state index in [0.717, 1.165) is 36.3 Å². The standard InChI is InChI=1S/C31H31FN6O3/c1-19-3-6-27-24(29(19)32)10-14-38(27)30(39)25-16-28(34-18-21(25)17-33)36-11-8-22(9-12-36)37-13-7-20-15-23(41-2)4-5-26(20)35-31(37)40/h3-6,15-16,18,22H,7-14H2,1-2H3,(H,35,40). The first-order valence-electron chi connectivity index (χ1n) is 13.9. The number of pyridine rings is 1. The normalized spacial score (nSPS) is 16.9. The van der Waals surface area contributed by atoms with E-state index in [2.05, 4.69) is 21.3 Å². The molecule has 1 N–H and O–H groups in total. The van der Waals surface area contributed by atoms with Crippen molar-refractivity contribution in [1.82, 2.24) is 9.88 Å². The third-order valence-electron chi connectivity index (χ3n) is 8.44. The van der Waals surface area contributed by atoms with Crippen LogP contribution in [0.4, 0.5) is 26.4 Å². The van der Waals surface area contributed by atoms with Crippen LogP contribution >= 0.6 is 0 Å². The van der Waals surface area contributed by atoms with Gasteiger partial charge in [-0.15, -0.1) is 0 Å². The summed E-state index contributed by atoms with van der Waals surface area (Å²) in [7, 11) is 1.63. The number of benzene rings is 2. The lowest BCUT2D eigenvalue weighted by molar-refractivity contribution is 0.0989. The average Bonchev–Trinajstić information content (AvgIpc) is 3.36. The number of carbonyl (C=O) groups is 2. The van der Waals surface area contributed by atoms with E-state index in [4.69, 9.17) is 4.74 Å². The van der Waals surface area contributed by atoms with Crippen LogP contribution in [0, 0.1) is 24.1 Å². The number of hydrogen-bond donors (Lipinski definition) is 1. The predicted molar refractivity (Wildman–Crippen MR) is 153 cm³/mol. The van der Waals surface area contributed by atoms with Crippen LogP contribution in [0.5, 0.6) is 5.75 Å². The first-order valence-corrected chi connectivity index (χ1v) is 13.9. The Balaban J connectivity index is 1.16. The van der Waals surface area contributed by atoms with Crippen LogP contribution in [0.15, 0.2) is 42.6 Å². The van der Waals surface area contributed by atoms with Crippen molar-refractivity contribution in [3.8, 4) is 11.8 Å². The highest BCUT2D eigenvalue weighted by molar-refractivity contribution is 6.09. The minimum Gasteiger partial charge on any atom is -0.497 e. The van der Waals surface area contributed by atoms with Gasteiger partial charge in [-0.25, -0.2) is 14.2 Å². The number of halogens is 1. The molecule has 1 fully saturated rings. The molecule has 10 heteroatoms. The van der Waals surface area contributed by atoms with Crippen LogP contribution in [-0.2, 0) is 12.8 Å². The molecule has 0 bridgehead atoms. The summed E-state index contributed by atoms with van der Waals surface area (Å²) < 4.78 is 20.0. The number of fused-ring (bicyclic) bond motifs is 2. The smallest absolute Gasteiger partial charge is 0.322 e. The van der Waals surface area contributed by atoms with Gasteiger partial charge in [0.2, 0.25) is 0 Å². The molecule has 6 rings (SSSR count). The number of rotatable bonds is 4. The van der Waals surface area contributed by atoms with Crippen molar-refractivity contribution in [2.24, 2.45) is 0 Å². The van der Waals surface area contributed by atoms with Crippen molar-refractivity contribution in [1.29, 1.82) is 5.26 Å². The molecule has 3 aromatic rings. The lowest BCUT2D eigenvalue weighted by Crippen LogP contribution is -2.49. The van der Waals surface area contributed by atoms with Crippen molar-refractivity contribution in [3.05, 3.63) is 76.2 Å². The maximum atomic E-state index is 14.7. The fourth-order valence-corrected chi connectivity index (χ4v) is 6.11.